The van der Waals surface area contributed by atoms with Gasteiger partial charge in [-0.25, -0.2) is 9.78 Å². The normalized spacial score (nSPS) is 14.1. The Morgan fingerprint density at radius 1 is 1.27 bits per heavy atom. The third kappa shape index (κ3) is 5.63. The van der Waals surface area contributed by atoms with E-state index in [2.05, 4.69) is 20.5 Å². The van der Waals surface area contributed by atoms with E-state index in [0.29, 0.717) is 17.3 Å². The second-order valence-electron chi connectivity index (χ2n) is 6.79. The fourth-order valence-corrected chi connectivity index (χ4v) is 3.47. The van der Waals surface area contributed by atoms with Crippen LogP contribution in [0, 0.1) is 10.1 Å². The summed E-state index contributed by atoms with van der Waals surface area (Å²) in [6.45, 7) is 3.66. The van der Waals surface area contributed by atoms with Crippen molar-refractivity contribution in [2.24, 2.45) is 0 Å². The summed E-state index contributed by atoms with van der Waals surface area (Å²) in [7, 11) is 0. The second-order valence-corrected chi connectivity index (χ2v) is 7.20. The maximum absolute atomic E-state index is 11.7. The van der Waals surface area contributed by atoms with Gasteiger partial charge in [-0.3, -0.25) is 10.1 Å². The van der Waals surface area contributed by atoms with Gasteiger partial charge in [-0.05, 0) is 62.3 Å². The minimum Gasteiger partial charge on any atom is -0.462 e. The lowest BCUT2D eigenvalue weighted by atomic mass is 10.1. The molecule has 10 heteroatoms. The Labute approximate surface area is 179 Å². The molecule has 30 heavy (non-hydrogen) atoms. The van der Waals surface area contributed by atoms with Gasteiger partial charge in [0.15, 0.2) is 5.11 Å². The van der Waals surface area contributed by atoms with Crippen molar-refractivity contribution in [3.63, 3.8) is 0 Å². The molecule has 1 fully saturated rings. The highest BCUT2D eigenvalue weighted by Gasteiger charge is 2.21. The molecular weight excluding hydrogens is 406 g/mol. The number of carbonyl (C=O) groups excluding carboxylic acids is 1. The zero-order valence-corrected chi connectivity index (χ0v) is 17.4. The Morgan fingerprint density at radius 3 is 2.53 bits per heavy atom. The Balaban J connectivity index is 1.46. The van der Waals surface area contributed by atoms with E-state index in [0.717, 1.165) is 37.4 Å². The van der Waals surface area contributed by atoms with E-state index in [1.165, 1.54) is 12.3 Å². The third-order valence-corrected chi connectivity index (χ3v) is 4.97. The number of nitrogens with one attached hydrogen (secondary N) is 2. The van der Waals surface area contributed by atoms with Gasteiger partial charge >= 0.3 is 5.97 Å². The van der Waals surface area contributed by atoms with Crippen molar-refractivity contribution in [3.8, 4) is 0 Å². The van der Waals surface area contributed by atoms with Crippen molar-refractivity contribution >= 4 is 40.5 Å². The summed E-state index contributed by atoms with van der Waals surface area (Å²) < 4.78 is 4.97. The second kappa shape index (κ2) is 9.97. The van der Waals surface area contributed by atoms with Crippen LogP contribution in [0.25, 0.3) is 0 Å². The standard InChI is InChI=1S/C20H23N5O4S/c1-2-29-19(26)14-3-5-15(6-4-14)22-20(30)23-16-9-11-24(12-10-16)18-8-7-17(13-21-18)25(27)28/h3-8,13,16H,2,9-12H2,1H3,(H2,22,23,30). The highest BCUT2D eigenvalue weighted by molar-refractivity contribution is 7.80. The fraction of sp³-hybridized carbons (Fsp3) is 0.350. The minimum absolute atomic E-state index is 0.0120. The monoisotopic (exact) mass is 429 g/mol. The molecule has 0 bridgehead atoms. The van der Waals surface area contributed by atoms with Crippen molar-refractivity contribution in [1.82, 2.24) is 10.3 Å². The highest BCUT2D eigenvalue weighted by atomic mass is 32.1. The maximum atomic E-state index is 11.7. The van der Waals surface area contributed by atoms with Gasteiger partial charge in [0.2, 0.25) is 0 Å². The minimum atomic E-state index is -0.453. The number of rotatable bonds is 6. The number of carbonyl (C=O) groups is 1. The number of hydrogen-bond acceptors (Lipinski definition) is 7. The summed E-state index contributed by atoms with van der Waals surface area (Å²) in [6.07, 6.45) is 3.01. The molecule has 0 amide bonds. The van der Waals surface area contributed by atoms with Gasteiger partial charge in [-0.15, -0.1) is 0 Å². The first-order chi connectivity index (χ1) is 14.5. The molecule has 0 aliphatic carbocycles. The predicted molar refractivity (Wildman–Crippen MR) is 118 cm³/mol. The number of thiocarbonyl (C=S) groups is 1. The summed E-state index contributed by atoms with van der Waals surface area (Å²) in [4.78, 5) is 28.3. The van der Waals surface area contributed by atoms with Crippen molar-refractivity contribution < 1.29 is 14.5 Å². The molecule has 0 atom stereocenters. The first kappa shape index (κ1) is 21.4. The van der Waals surface area contributed by atoms with E-state index in [1.54, 1.807) is 37.3 Å². The molecular formula is C20H23N5O4S. The Hall–Kier alpha value is -3.27. The molecule has 1 aromatic heterocycles. The smallest absolute Gasteiger partial charge is 0.338 e. The Kier molecular flexibility index (Phi) is 7.12. The van der Waals surface area contributed by atoms with Crippen LogP contribution in [0.5, 0.6) is 0 Å². The van der Waals surface area contributed by atoms with Gasteiger partial charge in [0, 0.05) is 30.9 Å². The molecule has 2 N–H and O–H groups in total. The molecule has 1 saturated heterocycles. The molecule has 0 saturated carbocycles. The molecule has 1 aliphatic heterocycles. The number of nitrogens with zero attached hydrogens (tertiary/aromatic N) is 3. The van der Waals surface area contributed by atoms with Gasteiger partial charge in [0.05, 0.1) is 17.1 Å². The molecule has 2 aromatic rings. The zero-order valence-electron chi connectivity index (χ0n) is 16.5. The molecule has 1 aromatic carbocycles. The lowest BCUT2D eigenvalue weighted by Crippen LogP contribution is -2.46. The van der Waals surface area contributed by atoms with Crippen LogP contribution in [0.2, 0.25) is 0 Å². The summed E-state index contributed by atoms with van der Waals surface area (Å²) in [5, 5.41) is 17.7. The molecule has 0 radical (unpaired) electrons. The van der Waals surface area contributed by atoms with Crippen LogP contribution < -0.4 is 15.5 Å². The van der Waals surface area contributed by atoms with Gasteiger partial charge in [-0.1, -0.05) is 0 Å². The average molecular weight is 430 g/mol. The SMILES string of the molecule is CCOC(=O)c1ccc(NC(=S)NC2CCN(c3ccc([N+](=O)[O-])cn3)CC2)cc1. The number of nitro groups is 1. The number of esters is 1. The largest absolute Gasteiger partial charge is 0.462 e. The zero-order chi connectivity index (χ0) is 21.5. The third-order valence-electron chi connectivity index (χ3n) is 4.75. The highest BCUT2D eigenvalue weighted by Crippen LogP contribution is 2.20. The molecule has 1 aliphatic rings. The topological polar surface area (TPSA) is 110 Å². The van der Waals surface area contributed by atoms with Crippen molar-refractivity contribution in [1.29, 1.82) is 0 Å². The van der Waals surface area contributed by atoms with Crippen molar-refractivity contribution in [2.75, 3.05) is 29.9 Å². The summed E-state index contributed by atoms with van der Waals surface area (Å²) in [5.41, 5.74) is 1.27. The molecule has 0 unspecified atom stereocenters. The quantitative estimate of drug-likeness (QED) is 0.310. The number of aromatic nitrogens is 1. The number of pyridine rings is 1. The van der Waals surface area contributed by atoms with Crippen LogP contribution in [0.4, 0.5) is 17.2 Å². The van der Waals surface area contributed by atoms with E-state index >= 15 is 0 Å². The van der Waals surface area contributed by atoms with Crippen LogP contribution in [0.15, 0.2) is 42.6 Å². The Morgan fingerprint density at radius 2 is 1.97 bits per heavy atom. The molecule has 0 spiro atoms. The molecule has 3 rings (SSSR count). The lowest BCUT2D eigenvalue weighted by Gasteiger charge is -2.33. The number of piperidine rings is 1. The molecule has 158 valence electrons. The summed E-state index contributed by atoms with van der Waals surface area (Å²) >= 11 is 5.40. The first-order valence-corrected chi connectivity index (χ1v) is 10.1. The summed E-state index contributed by atoms with van der Waals surface area (Å²) in [5.74, 6) is 0.389. The van der Waals surface area contributed by atoms with Gasteiger partial charge in [0.25, 0.3) is 5.69 Å². The molecule has 9 nitrogen and oxygen atoms in total. The lowest BCUT2D eigenvalue weighted by molar-refractivity contribution is -0.385. The predicted octanol–water partition coefficient (Wildman–Crippen LogP) is 3.12. The van der Waals surface area contributed by atoms with Crippen LogP contribution in [-0.4, -0.2) is 46.7 Å². The van der Waals surface area contributed by atoms with Gasteiger partial charge in [0.1, 0.15) is 12.0 Å². The van der Waals surface area contributed by atoms with Crippen LogP contribution in [-0.2, 0) is 4.74 Å². The average Bonchev–Trinajstić information content (AvgIpc) is 2.75. The van der Waals surface area contributed by atoms with E-state index in [9.17, 15) is 14.9 Å². The van der Waals surface area contributed by atoms with Crippen molar-refractivity contribution in [3.05, 3.63) is 58.3 Å². The van der Waals surface area contributed by atoms with Gasteiger partial charge in [-0.2, -0.15) is 0 Å². The van der Waals surface area contributed by atoms with E-state index in [4.69, 9.17) is 17.0 Å². The van der Waals surface area contributed by atoms with Crippen molar-refractivity contribution in [2.45, 2.75) is 25.8 Å². The first-order valence-electron chi connectivity index (χ1n) is 9.66. The fourth-order valence-electron chi connectivity index (χ4n) is 3.18. The number of benzene rings is 1. The number of ether oxygens (including phenoxy) is 1. The maximum Gasteiger partial charge on any atom is 0.338 e. The van der Waals surface area contributed by atoms with E-state index < -0.39 is 4.92 Å². The summed E-state index contributed by atoms with van der Waals surface area (Å²) in [6, 6.07) is 10.3. The Bertz CT molecular complexity index is 896. The van der Waals surface area contributed by atoms with E-state index in [1.807, 2.05) is 0 Å². The van der Waals surface area contributed by atoms with Crippen LogP contribution in [0.3, 0.4) is 0 Å². The van der Waals surface area contributed by atoms with Crippen LogP contribution >= 0.6 is 12.2 Å². The van der Waals surface area contributed by atoms with E-state index in [-0.39, 0.29) is 17.7 Å². The number of anilines is 2. The number of hydrogen-bond donors (Lipinski definition) is 2. The van der Waals surface area contributed by atoms with Gasteiger partial charge < -0.3 is 20.3 Å². The molecule has 2 heterocycles. The van der Waals surface area contributed by atoms with Crippen LogP contribution in [0.1, 0.15) is 30.1 Å².